The highest BCUT2D eigenvalue weighted by Crippen LogP contribution is 2.23. The molecular weight excluding hydrogens is 823 g/mol. The molecule has 17 heteroatoms. The van der Waals surface area contributed by atoms with Crippen molar-refractivity contribution in [1.82, 2.24) is 15.5 Å². The summed E-state index contributed by atoms with van der Waals surface area (Å²) in [6, 6.07) is 12.3. The van der Waals surface area contributed by atoms with E-state index in [4.69, 9.17) is 40.1 Å². The van der Waals surface area contributed by atoms with Crippen molar-refractivity contribution in [2.75, 3.05) is 32.8 Å². The number of piperidine rings is 1. The van der Waals surface area contributed by atoms with Gasteiger partial charge in [0.05, 0.1) is 13.2 Å². The summed E-state index contributed by atoms with van der Waals surface area (Å²) >= 11 is 0. The second-order valence-corrected chi connectivity index (χ2v) is 18.3. The van der Waals surface area contributed by atoms with Crippen molar-refractivity contribution >= 4 is 35.8 Å². The maximum Gasteiger partial charge on any atom is 0.408 e. The molecule has 0 saturated carbocycles. The van der Waals surface area contributed by atoms with E-state index >= 15 is 0 Å². The quantitative estimate of drug-likeness (QED) is 0.0301. The molecule has 0 aromatic heterocycles. The number of benzene rings is 2. The molecule has 0 bridgehead atoms. The predicted octanol–water partition coefficient (Wildman–Crippen LogP) is 7.23. The zero-order valence-electron chi connectivity index (χ0n) is 39.6. The third kappa shape index (κ3) is 19.4. The summed E-state index contributed by atoms with van der Waals surface area (Å²) in [5.41, 5.74) is 11.9. The van der Waals surface area contributed by atoms with Gasteiger partial charge in [-0.3, -0.25) is 0 Å². The van der Waals surface area contributed by atoms with Crippen LogP contribution >= 0.6 is 0 Å². The molecule has 356 valence electrons. The van der Waals surface area contributed by atoms with Gasteiger partial charge < -0.3 is 55.6 Å². The van der Waals surface area contributed by atoms with E-state index in [1.807, 2.05) is 27.7 Å². The predicted molar refractivity (Wildman–Crippen MR) is 246 cm³/mol. The first-order valence-electron chi connectivity index (χ1n) is 22.4. The molecule has 3 rings (SSSR count). The van der Waals surface area contributed by atoms with Crippen molar-refractivity contribution in [3.63, 3.8) is 0 Å². The second-order valence-electron chi connectivity index (χ2n) is 18.3. The van der Waals surface area contributed by atoms with Crippen molar-refractivity contribution in [3.05, 3.63) is 59.7 Å². The van der Waals surface area contributed by atoms with Gasteiger partial charge in [0.1, 0.15) is 34.8 Å². The SMILES string of the molecule is CC[C@@H](C)[C@H](NC(=O)OC(C)(C)C)C(=O)ON=C(N)c1ccc(OCCCC2CCN(CCCOc3ccc(C(N)=NOC(=O)[C@H](NC(=O)OC(C)(C)C)[C@@H](C)CC)cc3)CC2)cc1. The van der Waals surface area contributed by atoms with Crippen molar-refractivity contribution in [2.45, 2.75) is 137 Å². The van der Waals surface area contributed by atoms with Gasteiger partial charge in [-0.25, -0.2) is 19.2 Å². The van der Waals surface area contributed by atoms with E-state index < -0.39 is 47.4 Å². The van der Waals surface area contributed by atoms with Crippen molar-refractivity contribution in [3.8, 4) is 11.5 Å². The van der Waals surface area contributed by atoms with Crippen LogP contribution in [0.5, 0.6) is 11.5 Å². The van der Waals surface area contributed by atoms with Crippen LogP contribution in [0.25, 0.3) is 0 Å². The van der Waals surface area contributed by atoms with E-state index in [0.717, 1.165) is 51.7 Å². The standard InChI is InChI=1S/C47H73N7O10/c1-11-31(3)38(50-44(57)61-46(5,6)7)42(55)63-52-40(48)34-16-20-36(21-17-34)59-29-13-15-33-24-27-54(28-25-33)26-14-30-60-37-22-18-35(19-23-37)41(49)53-64-43(56)39(32(4)12-2)51-45(58)62-47(8,9)10/h16-23,31-33,38-39H,11-15,24-30H2,1-10H3,(H2,48,52)(H2,49,53)(H,50,57)(H,51,58)/t31-,32+,38+,39-/m1/s1. The number of nitrogens with two attached hydrogens (primary N) is 2. The van der Waals surface area contributed by atoms with Crippen LogP contribution in [-0.2, 0) is 28.7 Å². The topological polar surface area (TPSA) is 228 Å². The average Bonchev–Trinajstić information content (AvgIpc) is 3.24. The lowest BCUT2D eigenvalue weighted by Crippen LogP contribution is -2.47. The Balaban J connectivity index is 1.32. The number of likely N-dealkylation sites (tertiary alicyclic amines) is 1. The maximum absolute atomic E-state index is 12.8. The highest BCUT2D eigenvalue weighted by molar-refractivity contribution is 5.98. The van der Waals surface area contributed by atoms with Gasteiger partial charge in [-0.1, -0.05) is 50.8 Å². The summed E-state index contributed by atoms with van der Waals surface area (Å²) < 4.78 is 22.5. The van der Waals surface area contributed by atoms with Crippen LogP contribution in [0.1, 0.15) is 125 Å². The highest BCUT2D eigenvalue weighted by Gasteiger charge is 2.31. The number of ether oxygens (including phenoxy) is 4. The number of amides is 2. The minimum absolute atomic E-state index is 0.0165. The number of hydrogen-bond acceptors (Lipinski definition) is 13. The lowest BCUT2D eigenvalue weighted by molar-refractivity contribution is -0.148. The first kappa shape index (κ1) is 52.8. The van der Waals surface area contributed by atoms with E-state index in [1.54, 1.807) is 90.1 Å². The third-order valence-corrected chi connectivity index (χ3v) is 10.7. The van der Waals surface area contributed by atoms with Crippen LogP contribution in [0.2, 0.25) is 0 Å². The fourth-order valence-corrected chi connectivity index (χ4v) is 6.60. The molecule has 4 atom stereocenters. The van der Waals surface area contributed by atoms with E-state index in [1.165, 1.54) is 0 Å². The van der Waals surface area contributed by atoms with Gasteiger partial charge in [0.2, 0.25) is 0 Å². The number of alkyl carbamates (subject to hydrolysis) is 2. The van der Waals surface area contributed by atoms with Crippen LogP contribution in [0.15, 0.2) is 58.8 Å². The zero-order chi connectivity index (χ0) is 47.5. The normalized spacial score (nSPS) is 16.1. The molecule has 6 N–H and O–H groups in total. The number of carbonyl (C=O) groups excluding carboxylic acids is 4. The molecule has 1 aliphatic heterocycles. The van der Waals surface area contributed by atoms with Gasteiger partial charge in [0.25, 0.3) is 0 Å². The Kier molecular flexibility index (Phi) is 21.1. The fourth-order valence-electron chi connectivity index (χ4n) is 6.60. The Morgan fingerprint density at radius 1 is 0.672 bits per heavy atom. The summed E-state index contributed by atoms with van der Waals surface area (Å²) in [4.78, 5) is 63.0. The lowest BCUT2D eigenvalue weighted by Gasteiger charge is -2.32. The first-order chi connectivity index (χ1) is 30.2. The number of rotatable bonds is 22. The zero-order valence-corrected chi connectivity index (χ0v) is 39.6. The molecule has 2 amide bonds. The maximum atomic E-state index is 12.8. The summed E-state index contributed by atoms with van der Waals surface area (Å²) in [5.74, 6) is 0.192. The van der Waals surface area contributed by atoms with E-state index in [-0.39, 0.29) is 23.5 Å². The van der Waals surface area contributed by atoms with Crippen molar-refractivity contribution in [2.24, 2.45) is 39.5 Å². The third-order valence-electron chi connectivity index (χ3n) is 10.7. The molecule has 17 nitrogen and oxygen atoms in total. The molecule has 1 aliphatic rings. The van der Waals surface area contributed by atoms with Crippen LogP contribution in [-0.4, -0.2) is 96.8 Å². The minimum Gasteiger partial charge on any atom is -0.494 e. The second kappa shape index (κ2) is 25.6. The molecule has 64 heavy (non-hydrogen) atoms. The van der Waals surface area contributed by atoms with Gasteiger partial charge in [0.15, 0.2) is 11.7 Å². The number of carbonyl (C=O) groups is 4. The number of nitrogens with one attached hydrogen (secondary N) is 2. The van der Waals surface area contributed by atoms with E-state index in [9.17, 15) is 19.2 Å². The van der Waals surface area contributed by atoms with Crippen molar-refractivity contribution < 1.29 is 47.8 Å². The summed E-state index contributed by atoms with van der Waals surface area (Å²) in [6.07, 6.45) is 5.03. The largest absolute Gasteiger partial charge is 0.494 e. The van der Waals surface area contributed by atoms with Crippen LogP contribution in [0, 0.1) is 17.8 Å². The molecular formula is C47H73N7O10. The van der Waals surface area contributed by atoms with Gasteiger partial charge in [-0.15, -0.1) is 0 Å². The van der Waals surface area contributed by atoms with Crippen LogP contribution < -0.4 is 31.6 Å². The Hall–Kier alpha value is -5.58. The first-order valence-corrected chi connectivity index (χ1v) is 22.4. The molecule has 0 aliphatic carbocycles. The number of hydrogen-bond donors (Lipinski definition) is 4. The molecule has 2 aromatic carbocycles. The van der Waals surface area contributed by atoms with Gasteiger partial charge >= 0.3 is 24.1 Å². The van der Waals surface area contributed by atoms with Gasteiger partial charge in [-0.2, -0.15) is 0 Å². The molecule has 0 unspecified atom stereocenters. The van der Waals surface area contributed by atoms with Gasteiger partial charge in [-0.05, 0) is 153 Å². The molecule has 1 saturated heterocycles. The minimum atomic E-state index is -0.949. The monoisotopic (exact) mass is 896 g/mol. The Bertz CT molecular complexity index is 1700. The average molecular weight is 896 g/mol. The van der Waals surface area contributed by atoms with Crippen LogP contribution in [0.3, 0.4) is 0 Å². The lowest BCUT2D eigenvalue weighted by atomic mass is 9.92. The molecule has 2 aromatic rings. The molecule has 1 heterocycles. The summed E-state index contributed by atoms with van der Waals surface area (Å²) in [6.45, 7) is 22.1. The number of nitrogens with zero attached hydrogens (tertiary/aromatic N) is 3. The highest BCUT2D eigenvalue weighted by atomic mass is 16.7. The summed E-state index contributed by atoms with van der Waals surface area (Å²) in [7, 11) is 0. The number of oxime groups is 2. The van der Waals surface area contributed by atoms with Crippen LogP contribution in [0.4, 0.5) is 9.59 Å². The molecule has 0 spiro atoms. The Morgan fingerprint density at radius 3 is 1.44 bits per heavy atom. The fraction of sp³-hybridized carbons (Fsp3) is 0.617. The van der Waals surface area contributed by atoms with Crippen molar-refractivity contribution in [1.29, 1.82) is 0 Å². The van der Waals surface area contributed by atoms with E-state index in [0.29, 0.717) is 54.6 Å². The molecule has 1 fully saturated rings. The Labute approximate surface area is 379 Å². The summed E-state index contributed by atoms with van der Waals surface area (Å²) in [5, 5.41) is 12.8. The number of amidine groups is 2. The molecule has 0 radical (unpaired) electrons. The van der Waals surface area contributed by atoms with Gasteiger partial charge in [0, 0.05) is 17.7 Å². The van der Waals surface area contributed by atoms with E-state index in [2.05, 4.69) is 25.8 Å². The Morgan fingerprint density at radius 2 is 1.06 bits per heavy atom. The smallest absolute Gasteiger partial charge is 0.408 e.